The van der Waals surface area contributed by atoms with Gasteiger partial charge in [0, 0.05) is 28.4 Å². The van der Waals surface area contributed by atoms with Crippen LogP contribution in [-0.4, -0.2) is 28.3 Å². The van der Waals surface area contributed by atoms with E-state index < -0.39 is 0 Å². The molecule has 1 aromatic heterocycles. The molecule has 0 radical (unpaired) electrons. The normalized spacial score (nSPS) is 11.0. The highest BCUT2D eigenvalue weighted by molar-refractivity contribution is 9.10. The number of halogens is 1. The minimum Gasteiger partial charge on any atom is -0.352 e. The second-order valence-electron chi connectivity index (χ2n) is 6.61. The van der Waals surface area contributed by atoms with Gasteiger partial charge in [-0.1, -0.05) is 36.7 Å². The molecule has 2 aromatic rings. The average molecular weight is 405 g/mol. The zero-order valence-electron chi connectivity index (χ0n) is 14.5. The summed E-state index contributed by atoms with van der Waals surface area (Å²) in [5.41, 5.74) is 0.951. The standard InChI is InChI=1S/C18H21BrN4O2/c1-18(2,3)17-21-10-14(11-22-17)23-15(24)8-9-20-16(25)12-4-6-13(19)7-5-12/h4-7,10-11H,8-9H2,1-3H3,(H,20,25)(H,23,24). The molecule has 0 fully saturated rings. The van der Waals surface area contributed by atoms with Crippen molar-refractivity contribution in [3.63, 3.8) is 0 Å². The Morgan fingerprint density at radius 3 is 2.24 bits per heavy atom. The molecular formula is C18H21BrN4O2. The molecule has 0 aliphatic heterocycles. The molecule has 132 valence electrons. The summed E-state index contributed by atoms with van der Waals surface area (Å²) in [6.45, 7) is 6.32. The van der Waals surface area contributed by atoms with E-state index in [0.717, 1.165) is 4.47 Å². The van der Waals surface area contributed by atoms with Crippen molar-refractivity contribution in [3.05, 3.63) is 52.5 Å². The number of rotatable bonds is 5. The lowest BCUT2D eigenvalue weighted by Gasteiger charge is -2.16. The Morgan fingerprint density at radius 1 is 1.08 bits per heavy atom. The average Bonchev–Trinajstić information content (AvgIpc) is 2.55. The van der Waals surface area contributed by atoms with Crippen LogP contribution in [-0.2, 0) is 10.2 Å². The van der Waals surface area contributed by atoms with Crippen molar-refractivity contribution in [1.29, 1.82) is 0 Å². The molecule has 0 saturated carbocycles. The van der Waals surface area contributed by atoms with Crippen LogP contribution >= 0.6 is 15.9 Å². The van der Waals surface area contributed by atoms with Gasteiger partial charge in [0.15, 0.2) is 0 Å². The molecule has 25 heavy (non-hydrogen) atoms. The monoisotopic (exact) mass is 404 g/mol. The fourth-order valence-electron chi connectivity index (χ4n) is 2.00. The number of benzene rings is 1. The zero-order chi connectivity index (χ0) is 18.4. The third kappa shape index (κ3) is 5.94. The van der Waals surface area contributed by atoms with Crippen LogP contribution in [0.5, 0.6) is 0 Å². The Labute approximate surface area is 155 Å². The van der Waals surface area contributed by atoms with Gasteiger partial charge in [0.05, 0.1) is 18.1 Å². The van der Waals surface area contributed by atoms with Crippen LogP contribution < -0.4 is 10.6 Å². The molecule has 0 aliphatic rings. The first kappa shape index (κ1) is 19.1. The van der Waals surface area contributed by atoms with E-state index in [1.165, 1.54) is 0 Å². The van der Waals surface area contributed by atoms with Crippen LogP contribution in [0, 0.1) is 0 Å². The molecular weight excluding hydrogens is 384 g/mol. The molecule has 2 amide bonds. The maximum atomic E-state index is 11.9. The SMILES string of the molecule is CC(C)(C)c1ncc(NC(=O)CCNC(=O)c2ccc(Br)cc2)cn1. The summed E-state index contributed by atoms with van der Waals surface area (Å²) in [5, 5.41) is 5.44. The van der Waals surface area contributed by atoms with Crippen LogP contribution in [0.3, 0.4) is 0 Å². The molecule has 1 aromatic carbocycles. The Balaban J connectivity index is 1.79. The smallest absolute Gasteiger partial charge is 0.251 e. The zero-order valence-corrected chi connectivity index (χ0v) is 16.1. The lowest BCUT2D eigenvalue weighted by molar-refractivity contribution is -0.116. The quantitative estimate of drug-likeness (QED) is 0.800. The van der Waals surface area contributed by atoms with Gasteiger partial charge in [-0.15, -0.1) is 0 Å². The highest BCUT2D eigenvalue weighted by atomic mass is 79.9. The fraction of sp³-hybridized carbons (Fsp3) is 0.333. The van der Waals surface area contributed by atoms with Gasteiger partial charge in [0.25, 0.3) is 5.91 Å². The number of aromatic nitrogens is 2. The van der Waals surface area contributed by atoms with Gasteiger partial charge in [0.2, 0.25) is 5.91 Å². The van der Waals surface area contributed by atoms with Crippen LogP contribution in [0.4, 0.5) is 5.69 Å². The number of amides is 2. The Kier molecular flexibility index (Phi) is 6.25. The molecule has 0 bridgehead atoms. The van der Waals surface area contributed by atoms with Gasteiger partial charge in [0.1, 0.15) is 5.82 Å². The van der Waals surface area contributed by atoms with Crippen molar-refractivity contribution in [3.8, 4) is 0 Å². The van der Waals surface area contributed by atoms with Crippen molar-refractivity contribution < 1.29 is 9.59 Å². The summed E-state index contributed by atoms with van der Waals surface area (Å²) in [4.78, 5) is 32.4. The van der Waals surface area contributed by atoms with Crippen molar-refractivity contribution in [2.24, 2.45) is 0 Å². The minimum atomic E-state index is -0.210. The summed E-state index contributed by atoms with van der Waals surface area (Å²) in [7, 11) is 0. The van der Waals surface area contributed by atoms with Crippen molar-refractivity contribution in [2.45, 2.75) is 32.6 Å². The molecule has 0 atom stereocenters. The van der Waals surface area contributed by atoms with Gasteiger partial charge in [-0.25, -0.2) is 9.97 Å². The molecule has 0 saturated heterocycles. The first-order valence-corrected chi connectivity index (χ1v) is 8.71. The van der Waals surface area contributed by atoms with E-state index in [0.29, 0.717) is 17.1 Å². The highest BCUT2D eigenvalue weighted by Gasteiger charge is 2.16. The molecule has 7 heteroatoms. The van der Waals surface area contributed by atoms with Gasteiger partial charge < -0.3 is 10.6 Å². The summed E-state index contributed by atoms with van der Waals surface area (Å²) >= 11 is 3.32. The van der Waals surface area contributed by atoms with Crippen molar-refractivity contribution >= 4 is 33.4 Å². The topological polar surface area (TPSA) is 84.0 Å². The Morgan fingerprint density at radius 2 is 1.68 bits per heavy atom. The van der Waals surface area contributed by atoms with Crippen LogP contribution in [0.1, 0.15) is 43.4 Å². The summed E-state index contributed by atoms with van der Waals surface area (Å²) < 4.78 is 0.906. The maximum absolute atomic E-state index is 11.9. The van der Waals surface area contributed by atoms with Crippen LogP contribution in [0.15, 0.2) is 41.1 Å². The molecule has 2 rings (SSSR count). The van der Waals surface area contributed by atoms with E-state index in [1.54, 1.807) is 36.7 Å². The van der Waals surface area contributed by atoms with Crippen LogP contribution in [0.25, 0.3) is 0 Å². The first-order valence-electron chi connectivity index (χ1n) is 7.92. The number of nitrogens with one attached hydrogen (secondary N) is 2. The molecule has 0 aliphatic carbocycles. The molecule has 0 spiro atoms. The van der Waals surface area contributed by atoms with E-state index in [1.807, 2.05) is 20.8 Å². The summed E-state index contributed by atoms with van der Waals surface area (Å²) in [6, 6.07) is 7.02. The van der Waals surface area contributed by atoms with E-state index in [2.05, 4.69) is 36.5 Å². The lowest BCUT2D eigenvalue weighted by atomic mass is 9.96. The third-order valence-electron chi connectivity index (χ3n) is 3.35. The number of nitrogens with zero attached hydrogens (tertiary/aromatic N) is 2. The number of hydrogen-bond donors (Lipinski definition) is 2. The number of anilines is 1. The Bertz CT molecular complexity index is 737. The van der Waals surface area contributed by atoms with E-state index in [4.69, 9.17) is 0 Å². The van der Waals surface area contributed by atoms with Crippen molar-refractivity contribution in [1.82, 2.24) is 15.3 Å². The fourth-order valence-corrected chi connectivity index (χ4v) is 2.26. The number of hydrogen-bond acceptors (Lipinski definition) is 4. The minimum absolute atomic E-state index is 0.139. The first-order chi connectivity index (χ1) is 11.8. The molecule has 1 heterocycles. The largest absolute Gasteiger partial charge is 0.352 e. The van der Waals surface area contributed by atoms with E-state index in [9.17, 15) is 9.59 Å². The third-order valence-corrected chi connectivity index (χ3v) is 3.88. The summed E-state index contributed by atoms with van der Waals surface area (Å²) in [6.07, 6.45) is 3.35. The molecule has 6 nitrogen and oxygen atoms in total. The lowest BCUT2D eigenvalue weighted by Crippen LogP contribution is -2.27. The van der Waals surface area contributed by atoms with E-state index >= 15 is 0 Å². The predicted octanol–water partition coefficient (Wildman–Crippen LogP) is 3.30. The second-order valence-corrected chi connectivity index (χ2v) is 7.52. The van der Waals surface area contributed by atoms with Crippen molar-refractivity contribution in [2.75, 3.05) is 11.9 Å². The Hall–Kier alpha value is -2.28. The number of carbonyl (C=O) groups excluding carboxylic acids is 2. The predicted molar refractivity (Wildman–Crippen MR) is 100 cm³/mol. The highest BCUT2D eigenvalue weighted by Crippen LogP contribution is 2.18. The van der Waals surface area contributed by atoms with E-state index in [-0.39, 0.29) is 30.2 Å². The maximum Gasteiger partial charge on any atom is 0.251 e. The van der Waals surface area contributed by atoms with Crippen LogP contribution in [0.2, 0.25) is 0 Å². The molecule has 0 unspecified atom stereocenters. The van der Waals surface area contributed by atoms with Gasteiger partial charge in [-0.2, -0.15) is 0 Å². The summed E-state index contributed by atoms with van der Waals surface area (Å²) in [5.74, 6) is 0.300. The van der Waals surface area contributed by atoms with Gasteiger partial charge in [-0.05, 0) is 24.3 Å². The number of carbonyl (C=O) groups is 2. The second kappa shape index (κ2) is 8.20. The molecule has 2 N–H and O–H groups in total. The van der Waals surface area contributed by atoms with Gasteiger partial charge >= 0.3 is 0 Å². The van der Waals surface area contributed by atoms with Gasteiger partial charge in [-0.3, -0.25) is 9.59 Å².